The van der Waals surface area contributed by atoms with Crippen molar-refractivity contribution < 1.29 is 18.7 Å². The number of carbonyl (C=O) groups excluding carboxylic acids is 1. The number of halogens is 2. The minimum atomic E-state index is -0.774. The zero-order chi connectivity index (χ0) is 22.0. The van der Waals surface area contributed by atoms with Gasteiger partial charge in [-0.15, -0.1) is 0 Å². The molecule has 0 amide bonds. The lowest BCUT2D eigenvalue weighted by molar-refractivity contribution is -0.136. The molecule has 10 heteroatoms. The van der Waals surface area contributed by atoms with E-state index < -0.39 is 17.8 Å². The van der Waals surface area contributed by atoms with Crippen LogP contribution in [0.4, 0.5) is 4.39 Å². The number of nitrogens with one attached hydrogen (secondary N) is 1. The maximum absolute atomic E-state index is 13.7. The number of aliphatic imine (C=N–C) groups is 1. The van der Waals surface area contributed by atoms with Gasteiger partial charge in [0.15, 0.2) is 11.7 Å². The lowest BCUT2D eigenvalue weighted by Gasteiger charge is -2.32. The van der Waals surface area contributed by atoms with Gasteiger partial charge in [-0.3, -0.25) is 9.89 Å². The average molecular weight is 448 g/mol. The highest BCUT2D eigenvalue weighted by Gasteiger charge is 2.34. The topological polar surface area (TPSA) is 81.0 Å². The van der Waals surface area contributed by atoms with Gasteiger partial charge in [0.2, 0.25) is 0 Å². The number of ether oxygens (including phenoxy) is 2. The maximum atomic E-state index is 13.7. The quantitative estimate of drug-likeness (QED) is 0.707. The van der Waals surface area contributed by atoms with E-state index in [0.717, 1.165) is 13.1 Å². The number of hydrogen-bond donors (Lipinski definition) is 1. The molecule has 3 heterocycles. The molecule has 2 aromatic rings. The van der Waals surface area contributed by atoms with Crippen molar-refractivity contribution >= 4 is 23.4 Å². The summed E-state index contributed by atoms with van der Waals surface area (Å²) in [6.45, 7) is 3.17. The van der Waals surface area contributed by atoms with E-state index >= 15 is 0 Å². The minimum Gasteiger partial charge on any atom is -0.466 e. The lowest BCUT2D eigenvalue weighted by Crippen LogP contribution is -2.43. The van der Waals surface area contributed by atoms with Crippen LogP contribution in [0.15, 0.2) is 46.9 Å². The molecule has 2 aliphatic heterocycles. The molecule has 0 spiro atoms. The molecule has 1 saturated heterocycles. The zero-order valence-corrected chi connectivity index (χ0v) is 18.0. The molecule has 0 radical (unpaired) electrons. The summed E-state index contributed by atoms with van der Waals surface area (Å²) >= 11 is 6.37. The summed E-state index contributed by atoms with van der Waals surface area (Å²) in [6.07, 6.45) is 3.47. The van der Waals surface area contributed by atoms with Crippen molar-refractivity contribution in [3.8, 4) is 0 Å². The predicted octanol–water partition coefficient (Wildman–Crippen LogP) is 2.06. The van der Waals surface area contributed by atoms with Gasteiger partial charge in [0.1, 0.15) is 11.9 Å². The van der Waals surface area contributed by atoms with E-state index in [4.69, 9.17) is 26.1 Å². The molecule has 1 unspecified atom stereocenters. The first-order chi connectivity index (χ1) is 15.0. The van der Waals surface area contributed by atoms with Crippen LogP contribution in [0, 0.1) is 5.82 Å². The Morgan fingerprint density at radius 3 is 2.81 bits per heavy atom. The molecular formula is C21H23ClFN5O3. The number of hydrogen-bond acceptors (Lipinski definition) is 7. The summed E-state index contributed by atoms with van der Waals surface area (Å²) in [7, 11) is 3.18. The van der Waals surface area contributed by atoms with Crippen molar-refractivity contribution in [2.24, 2.45) is 12.0 Å². The van der Waals surface area contributed by atoms with Gasteiger partial charge in [0.25, 0.3) is 0 Å². The summed E-state index contributed by atoms with van der Waals surface area (Å²) < 4.78 is 26.1. The summed E-state index contributed by atoms with van der Waals surface area (Å²) in [5.74, 6) is 0.109. The second-order valence-corrected chi connectivity index (χ2v) is 7.71. The number of imidazole rings is 1. The highest BCUT2D eigenvalue weighted by atomic mass is 35.5. The van der Waals surface area contributed by atoms with Gasteiger partial charge >= 0.3 is 5.97 Å². The Balaban J connectivity index is 1.83. The fraction of sp³-hybridized carbons (Fsp3) is 0.381. The molecule has 1 aromatic heterocycles. The number of methoxy groups -OCH3 is 1. The molecule has 0 saturated carbocycles. The second-order valence-electron chi connectivity index (χ2n) is 7.31. The van der Waals surface area contributed by atoms with Gasteiger partial charge in [-0.1, -0.05) is 17.7 Å². The van der Waals surface area contributed by atoms with Gasteiger partial charge in [-0.2, -0.15) is 0 Å². The largest absolute Gasteiger partial charge is 0.466 e. The van der Waals surface area contributed by atoms with E-state index in [1.54, 1.807) is 18.5 Å². The van der Waals surface area contributed by atoms with E-state index in [1.165, 1.54) is 19.2 Å². The molecule has 1 fully saturated rings. The lowest BCUT2D eigenvalue weighted by atomic mass is 9.95. The molecule has 2 aliphatic rings. The van der Waals surface area contributed by atoms with Crippen LogP contribution in [-0.2, 0) is 21.3 Å². The van der Waals surface area contributed by atoms with Crippen LogP contribution in [0.3, 0.4) is 0 Å². The average Bonchev–Trinajstić information content (AvgIpc) is 3.19. The van der Waals surface area contributed by atoms with Gasteiger partial charge in [-0.25, -0.2) is 14.2 Å². The van der Waals surface area contributed by atoms with Crippen molar-refractivity contribution in [3.63, 3.8) is 0 Å². The first kappa shape index (κ1) is 21.5. The standard InChI is InChI=1S/C21H23ClFN5O3/c1-27-6-5-24-20(27)19-25-16(12-28-7-9-31-10-8-28)17(21(29)30-2)18(26-19)14-4-3-13(23)11-15(14)22/h3-6,11,18H,7-10,12H2,1-2H3,(H,25,26). The second kappa shape index (κ2) is 9.17. The Morgan fingerprint density at radius 2 is 2.16 bits per heavy atom. The third-order valence-corrected chi connectivity index (χ3v) is 5.63. The third-order valence-electron chi connectivity index (χ3n) is 5.31. The molecule has 31 heavy (non-hydrogen) atoms. The minimum absolute atomic E-state index is 0.182. The molecule has 1 N–H and O–H groups in total. The number of aromatic nitrogens is 2. The number of esters is 1. The normalized spacial score (nSPS) is 19.7. The molecule has 1 aromatic carbocycles. The maximum Gasteiger partial charge on any atom is 0.338 e. The summed E-state index contributed by atoms with van der Waals surface area (Å²) in [5.41, 5.74) is 1.49. The van der Waals surface area contributed by atoms with Crippen LogP contribution in [-0.4, -0.2) is 66.2 Å². The Labute approximate surface area is 184 Å². The summed E-state index contributed by atoms with van der Waals surface area (Å²) in [6, 6.07) is 3.29. The molecule has 0 aliphatic carbocycles. The number of carbonyl (C=O) groups is 1. The number of aryl methyl sites for hydroxylation is 1. The number of amidine groups is 1. The Kier molecular flexibility index (Phi) is 6.35. The van der Waals surface area contributed by atoms with Crippen LogP contribution in [0.25, 0.3) is 0 Å². The van der Waals surface area contributed by atoms with Crippen molar-refractivity contribution in [1.82, 2.24) is 19.8 Å². The van der Waals surface area contributed by atoms with E-state index in [-0.39, 0.29) is 5.02 Å². The van der Waals surface area contributed by atoms with Crippen LogP contribution in [0.5, 0.6) is 0 Å². The van der Waals surface area contributed by atoms with Crippen LogP contribution in [0.2, 0.25) is 5.02 Å². The van der Waals surface area contributed by atoms with Crippen molar-refractivity contribution in [2.45, 2.75) is 6.04 Å². The number of morpholine rings is 1. The fourth-order valence-corrected chi connectivity index (χ4v) is 3.98. The Bertz CT molecular complexity index is 1050. The van der Waals surface area contributed by atoms with E-state index in [0.29, 0.717) is 48.3 Å². The van der Waals surface area contributed by atoms with Gasteiger partial charge < -0.3 is 19.4 Å². The molecule has 0 bridgehead atoms. The zero-order valence-electron chi connectivity index (χ0n) is 17.3. The molecular weight excluding hydrogens is 425 g/mol. The summed E-state index contributed by atoms with van der Waals surface area (Å²) in [5, 5.41) is 3.47. The third kappa shape index (κ3) is 4.48. The van der Waals surface area contributed by atoms with Crippen LogP contribution < -0.4 is 5.32 Å². The molecule has 4 rings (SSSR count). The van der Waals surface area contributed by atoms with Crippen LogP contribution in [0.1, 0.15) is 17.4 Å². The first-order valence-electron chi connectivity index (χ1n) is 9.87. The molecule has 8 nitrogen and oxygen atoms in total. The van der Waals surface area contributed by atoms with Gasteiger partial charge in [0, 0.05) is 55.4 Å². The number of rotatable bonds is 5. The summed E-state index contributed by atoms with van der Waals surface area (Å²) in [4.78, 5) is 24.2. The van der Waals surface area contributed by atoms with E-state index in [2.05, 4.69) is 15.2 Å². The van der Waals surface area contributed by atoms with Crippen LogP contribution >= 0.6 is 11.6 Å². The number of benzene rings is 1. The molecule has 164 valence electrons. The van der Waals surface area contributed by atoms with E-state index in [9.17, 15) is 9.18 Å². The highest BCUT2D eigenvalue weighted by molar-refractivity contribution is 6.31. The van der Waals surface area contributed by atoms with Gasteiger partial charge in [0.05, 0.1) is 25.9 Å². The SMILES string of the molecule is COC(=O)C1=C(CN2CCOCC2)NC(c2nccn2C)=NC1c1ccc(F)cc1Cl. The van der Waals surface area contributed by atoms with Crippen molar-refractivity contribution in [2.75, 3.05) is 40.0 Å². The predicted molar refractivity (Wildman–Crippen MR) is 113 cm³/mol. The smallest absolute Gasteiger partial charge is 0.338 e. The van der Waals surface area contributed by atoms with Crippen molar-refractivity contribution in [1.29, 1.82) is 0 Å². The Hall–Kier alpha value is -2.75. The highest BCUT2D eigenvalue weighted by Crippen LogP contribution is 2.36. The number of nitrogens with zero attached hydrogens (tertiary/aromatic N) is 4. The van der Waals surface area contributed by atoms with Crippen molar-refractivity contribution in [3.05, 3.63) is 64.1 Å². The van der Waals surface area contributed by atoms with E-state index in [1.807, 2.05) is 11.6 Å². The fourth-order valence-electron chi connectivity index (χ4n) is 3.71. The van der Waals surface area contributed by atoms with Gasteiger partial charge in [-0.05, 0) is 12.1 Å². The molecule has 1 atom stereocenters. The Morgan fingerprint density at radius 1 is 1.39 bits per heavy atom. The monoisotopic (exact) mass is 447 g/mol. The first-order valence-corrected chi connectivity index (χ1v) is 10.2.